The predicted molar refractivity (Wildman–Crippen MR) is 52.0 cm³/mol. The van der Waals surface area contributed by atoms with Gasteiger partial charge in [-0.25, -0.2) is 0 Å². The number of ether oxygens (including phenoxy) is 2. The van der Waals surface area contributed by atoms with Crippen LogP contribution in [0.1, 0.15) is 6.92 Å². The van der Waals surface area contributed by atoms with Gasteiger partial charge in [0.1, 0.15) is 0 Å². The average Bonchev–Trinajstić information content (AvgIpc) is 2.15. The summed E-state index contributed by atoms with van der Waals surface area (Å²) < 4.78 is 10.5. The molecule has 0 aliphatic carbocycles. The quantitative estimate of drug-likeness (QED) is 0.629. The molecule has 13 heavy (non-hydrogen) atoms. The van der Waals surface area contributed by atoms with Crippen molar-refractivity contribution in [2.45, 2.75) is 18.3 Å². The highest BCUT2D eigenvalue weighted by atomic mass is 32.1. The van der Waals surface area contributed by atoms with Crippen molar-refractivity contribution in [3.63, 3.8) is 0 Å². The lowest BCUT2D eigenvalue weighted by atomic mass is 10.3. The van der Waals surface area contributed by atoms with Gasteiger partial charge in [0.2, 0.25) is 5.91 Å². The lowest BCUT2D eigenvalue weighted by molar-refractivity contribution is -0.123. The Morgan fingerprint density at radius 2 is 2.46 bits per heavy atom. The van der Waals surface area contributed by atoms with Crippen molar-refractivity contribution in [3.05, 3.63) is 0 Å². The van der Waals surface area contributed by atoms with Crippen molar-refractivity contribution in [2.75, 3.05) is 26.4 Å². The molecule has 0 aromatic heterocycles. The van der Waals surface area contributed by atoms with E-state index in [1.165, 1.54) is 0 Å². The Morgan fingerprint density at radius 3 is 3.00 bits per heavy atom. The molecule has 2 atom stereocenters. The van der Waals surface area contributed by atoms with Gasteiger partial charge in [-0.15, -0.1) is 0 Å². The predicted octanol–water partition coefficient (Wildman–Crippen LogP) is -0.164. The lowest BCUT2D eigenvalue weighted by Gasteiger charge is -2.23. The summed E-state index contributed by atoms with van der Waals surface area (Å²) in [6, 6.07) is 0. The van der Waals surface area contributed by atoms with E-state index < -0.39 is 0 Å². The third-order valence-corrected chi connectivity index (χ3v) is 2.00. The molecule has 1 heterocycles. The first-order valence-electron chi connectivity index (χ1n) is 4.35. The molecule has 0 aromatic rings. The molecular formula is C8H15NO3S. The topological polar surface area (TPSA) is 47.6 Å². The van der Waals surface area contributed by atoms with E-state index in [0.717, 1.165) is 0 Å². The minimum Gasteiger partial charge on any atom is -0.376 e. The number of carbonyl (C=O) groups excluding carboxylic acids is 1. The van der Waals surface area contributed by atoms with E-state index in [4.69, 9.17) is 9.47 Å². The standard InChI is InChI=1S/C8H15NO3S/c1-6(13)8(10)9-4-7-5-11-2-3-12-7/h6-7,13H,2-5H2,1H3,(H,9,10). The molecule has 76 valence electrons. The Labute approximate surface area is 83.4 Å². The molecule has 0 radical (unpaired) electrons. The molecule has 4 nitrogen and oxygen atoms in total. The van der Waals surface area contributed by atoms with Crippen molar-refractivity contribution in [1.29, 1.82) is 0 Å². The van der Waals surface area contributed by atoms with Crippen LogP contribution in [0.25, 0.3) is 0 Å². The number of hydrogen-bond donors (Lipinski definition) is 2. The van der Waals surface area contributed by atoms with Crippen LogP contribution in [0.5, 0.6) is 0 Å². The zero-order valence-electron chi connectivity index (χ0n) is 7.66. The Bertz CT molecular complexity index is 169. The van der Waals surface area contributed by atoms with E-state index in [0.29, 0.717) is 26.4 Å². The summed E-state index contributed by atoms with van der Waals surface area (Å²) in [5, 5.41) is 2.46. The Kier molecular flexibility index (Phi) is 4.55. The zero-order chi connectivity index (χ0) is 9.68. The van der Waals surface area contributed by atoms with Crippen LogP contribution in [0.4, 0.5) is 0 Å². The molecule has 1 aliphatic rings. The summed E-state index contributed by atoms with van der Waals surface area (Å²) in [5.74, 6) is -0.0718. The first-order valence-corrected chi connectivity index (χ1v) is 4.87. The molecule has 0 saturated carbocycles. The van der Waals surface area contributed by atoms with Crippen LogP contribution in [0, 0.1) is 0 Å². The molecule has 1 fully saturated rings. The zero-order valence-corrected chi connectivity index (χ0v) is 8.55. The van der Waals surface area contributed by atoms with Gasteiger partial charge in [0.25, 0.3) is 0 Å². The molecule has 0 aromatic carbocycles. The fourth-order valence-corrected chi connectivity index (χ4v) is 1.11. The number of thiol groups is 1. The van der Waals surface area contributed by atoms with Gasteiger partial charge in [0, 0.05) is 6.54 Å². The molecular weight excluding hydrogens is 190 g/mol. The van der Waals surface area contributed by atoms with Gasteiger partial charge in [0.05, 0.1) is 31.2 Å². The van der Waals surface area contributed by atoms with Gasteiger partial charge in [-0.3, -0.25) is 4.79 Å². The Balaban J connectivity index is 2.13. The third-order valence-electron chi connectivity index (χ3n) is 1.77. The number of hydrogen-bond acceptors (Lipinski definition) is 4. The Morgan fingerprint density at radius 1 is 1.69 bits per heavy atom. The molecule has 0 spiro atoms. The summed E-state index contributed by atoms with van der Waals surface area (Å²) in [6.45, 7) is 4.05. The van der Waals surface area contributed by atoms with E-state index >= 15 is 0 Å². The number of nitrogens with one attached hydrogen (secondary N) is 1. The molecule has 0 bridgehead atoms. The van der Waals surface area contributed by atoms with Gasteiger partial charge < -0.3 is 14.8 Å². The molecule has 1 aliphatic heterocycles. The normalized spacial score (nSPS) is 25.2. The summed E-state index contributed by atoms with van der Waals surface area (Å²) in [6.07, 6.45) is -0.00946. The van der Waals surface area contributed by atoms with Crippen LogP contribution in [-0.4, -0.2) is 43.6 Å². The number of carbonyl (C=O) groups is 1. The van der Waals surface area contributed by atoms with Crippen molar-refractivity contribution < 1.29 is 14.3 Å². The summed E-state index contributed by atoms with van der Waals surface area (Å²) >= 11 is 4.01. The fourth-order valence-electron chi connectivity index (χ4n) is 1.02. The first-order chi connectivity index (χ1) is 6.20. The molecule has 1 amide bonds. The summed E-state index contributed by atoms with van der Waals surface area (Å²) in [5.41, 5.74) is 0. The van der Waals surface area contributed by atoms with Gasteiger partial charge in [-0.2, -0.15) is 12.6 Å². The highest BCUT2D eigenvalue weighted by Crippen LogP contribution is 1.99. The van der Waals surface area contributed by atoms with E-state index in [2.05, 4.69) is 17.9 Å². The monoisotopic (exact) mass is 205 g/mol. The van der Waals surface area contributed by atoms with Crippen molar-refractivity contribution in [2.24, 2.45) is 0 Å². The second-order valence-electron chi connectivity index (χ2n) is 2.99. The average molecular weight is 205 g/mol. The van der Waals surface area contributed by atoms with Gasteiger partial charge >= 0.3 is 0 Å². The van der Waals surface area contributed by atoms with Crippen molar-refractivity contribution in [3.8, 4) is 0 Å². The largest absolute Gasteiger partial charge is 0.376 e. The Hall–Kier alpha value is -0.260. The number of amides is 1. The van der Waals surface area contributed by atoms with Crippen LogP contribution in [0.15, 0.2) is 0 Å². The van der Waals surface area contributed by atoms with Crippen LogP contribution < -0.4 is 5.32 Å². The molecule has 2 unspecified atom stereocenters. The maximum Gasteiger partial charge on any atom is 0.232 e. The van der Waals surface area contributed by atoms with E-state index in [1.54, 1.807) is 6.92 Å². The maximum atomic E-state index is 11.1. The SMILES string of the molecule is CC(S)C(=O)NCC1COCCO1. The first kappa shape index (κ1) is 10.8. The minimum atomic E-state index is -0.274. The van der Waals surface area contributed by atoms with Crippen molar-refractivity contribution >= 4 is 18.5 Å². The number of rotatable bonds is 3. The van der Waals surface area contributed by atoms with Crippen molar-refractivity contribution in [1.82, 2.24) is 5.32 Å². The minimum absolute atomic E-state index is 0.00946. The highest BCUT2D eigenvalue weighted by molar-refractivity contribution is 7.81. The van der Waals surface area contributed by atoms with Gasteiger partial charge in [-0.1, -0.05) is 0 Å². The second kappa shape index (κ2) is 5.47. The van der Waals surface area contributed by atoms with Crippen LogP contribution in [0.3, 0.4) is 0 Å². The fraction of sp³-hybridized carbons (Fsp3) is 0.875. The molecule has 5 heteroatoms. The van der Waals surface area contributed by atoms with E-state index in [-0.39, 0.29) is 17.3 Å². The van der Waals surface area contributed by atoms with Crippen LogP contribution in [0.2, 0.25) is 0 Å². The summed E-state index contributed by atoms with van der Waals surface area (Å²) in [7, 11) is 0. The molecule has 1 rings (SSSR count). The summed E-state index contributed by atoms with van der Waals surface area (Å²) in [4.78, 5) is 11.1. The van der Waals surface area contributed by atoms with Crippen LogP contribution in [-0.2, 0) is 14.3 Å². The molecule has 1 N–H and O–H groups in total. The van der Waals surface area contributed by atoms with Gasteiger partial charge in [-0.05, 0) is 6.92 Å². The highest BCUT2D eigenvalue weighted by Gasteiger charge is 2.16. The van der Waals surface area contributed by atoms with Gasteiger partial charge in [0.15, 0.2) is 0 Å². The van der Waals surface area contributed by atoms with Crippen LogP contribution >= 0.6 is 12.6 Å². The molecule has 1 saturated heterocycles. The maximum absolute atomic E-state index is 11.1. The van der Waals surface area contributed by atoms with E-state index in [9.17, 15) is 4.79 Å². The lowest BCUT2D eigenvalue weighted by Crippen LogP contribution is -2.41. The smallest absolute Gasteiger partial charge is 0.232 e. The second-order valence-corrected chi connectivity index (χ2v) is 3.76. The van der Waals surface area contributed by atoms with E-state index in [1.807, 2.05) is 0 Å². The third kappa shape index (κ3) is 3.97.